The van der Waals surface area contributed by atoms with Gasteiger partial charge in [-0.25, -0.2) is 0 Å². The van der Waals surface area contributed by atoms with Gasteiger partial charge in [-0.1, -0.05) is 12.8 Å². The van der Waals surface area contributed by atoms with Gasteiger partial charge in [0, 0.05) is 25.0 Å². The van der Waals surface area contributed by atoms with Crippen molar-refractivity contribution < 1.29 is 34.2 Å². The van der Waals surface area contributed by atoms with Crippen LogP contribution in [0.15, 0.2) is 0 Å². The van der Waals surface area contributed by atoms with Crippen LogP contribution in [0, 0.1) is 5.92 Å². The van der Waals surface area contributed by atoms with E-state index in [-0.39, 0.29) is 49.5 Å². The van der Waals surface area contributed by atoms with Crippen LogP contribution in [0.4, 0.5) is 0 Å². The molecule has 0 bridgehead atoms. The monoisotopic (exact) mass is 433 g/mol. The molecule has 0 aromatic rings. The van der Waals surface area contributed by atoms with Crippen molar-refractivity contribution in [3.8, 4) is 0 Å². The second kappa shape index (κ2) is 14.9. The normalized spacial score (nSPS) is 13.9. The first-order valence-electron chi connectivity index (χ1n) is 9.47. The highest BCUT2D eigenvalue weighted by Crippen LogP contribution is 2.11. The predicted octanol–water partition coefficient (Wildman–Crippen LogP) is -0.269. The van der Waals surface area contributed by atoms with Crippen molar-refractivity contribution >= 4 is 42.0 Å². The summed E-state index contributed by atoms with van der Waals surface area (Å²) in [5, 5.41) is 19.9. The zero-order valence-electron chi connectivity index (χ0n) is 16.3. The van der Waals surface area contributed by atoms with E-state index in [0.717, 1.165) is 0 Å². The zero-order chi connectivity index (χ0) is 22.4. The van der Waals surface area contributed by atoms with Crippen molar-refractivity contribution in [1.29, 1.82) is 0 Å². The molecule has 0 aromatic heterocycles. The first-order chi connectivity index (χ1) is 13.6. The van der Waals surface area contributed by atoms with Crippen LogP contribution in [0.1, 0.15) is 51.4 Å². The zero-order valence-corrected chi connectivity index (χ0v) is 17.2. The number of amides is 1. The molecule has 0 aliphatic heterocycles. The number of ketones is 2. The summed E-state index contributed by atoms with van der Waals surface area (Å²) in [5.74, 6) is -3.76. The number of nitrogens with one attached hydrogen (secondary N) is 1. The van der Waals surface area contributed by atoms with Gasteiger partial charge in [0.05, 0.1) is 12.5 Å². The number of rotatable bonds is 17. The molecular weight excluding hydrogens is 402 g/mol. The van der Waals surface area contributed by atoms with E-state index in [0.29, 0.717) is 25.7 Å². The quantitative estimate of drug-likeness (QED) is 0.132. The van der Waals surface area contributed by atoms with E-state index in [2.05, 4.69) is 17.9 Å². The molecule has 10 nitrogen and oxygen atoms in total. The Labute approximate surface area is 175 Å². The Morgan fingerprint density at radius 2 is 1.41 bits per heavy atom. The van der Waals surface area contributed by atoms with E-state index in [1.807, 2.05) is 0 Å². The number of carbonyl (C=O) groups excluding carboxylic acids is 3. The lowest BCUT2D eigenvalue weighted by Gasteiger charge is -2.14. The summed E-state index contributed by atoms with van der Waals surface area (Å²) in [7, 11) is 0. The third kappa shape index (κ3) is 13.0. The maximum atomic E-state index is 12.1. The SMILES string of the molecule is N[C@@H](CCCCCC(=O)CNC(=O)[C@H](CS)CC(=O)CC[C@H](N)C(=O)O)C(=O)O. The smallest absolute Gasteiger partial charge is 0.320 e. The van der Waals surface area contributed by atoms with Gasteiger partial charge in [-0.3, -0.25) is 24.0 Å². The number of carboxylic acids is 2. The first kappa shape index (κ1) is 27.0. The minimum atomic E-state index is -1.19. The van der Waals surface area contributed by atoms with Gasteiger partial charge in [0.15, 0.2) is 5.78 Å². The number of hydrogen-bond donors (Lipinski definition) is 6. The summed E-state index contributed by atoms with van der Waals surface area (Å²) in [6, 6.07) is -2.02. The Morgan fingerprint density at radius 3 is 1.97 bits per heavy atom. The molecule has 7 N–H and O–H groups in total. The van der Waals surface area contributed by atoms with E-state index in [4.69, 9.17) is 21.7 Å². The van der Waals surface area contributed by atoms with Crippen molar-refractivity contribution in [2.45, 2.75) is 63.5 Å². The maximum Gasteiger partial charge on any atom is 0.320 e. The molecule has 29 heavy (non-hydrogen) atoms. The van der Waals surface area contributed by atoms with Gasteiger partial charge in [0.25, 0.3) is 0 Å². The lowest BCUT2D eigenvalue weighted by molar-refractivity contribution is -0.139. The van der Waals surface area contributed by atoms with Crippen molar-refractivity contribution in [3.05, 3.63) is 0 Å². The molecule has 0 aliphatic carbocycles. The van der Waals surface area contributed by atoms with Gasteiger partial charge in [-0.05, 0) is 19.3 Å². The van der Waals surface area contributed by atoms with Crippen LogP contribution in [0.5, 0.6) is 0 Å². The summed E-state index contributed by atoms with van der Waals surface area (Å²) in [5.41, 5.74) is 10.7. The highest BCUT2D eigenvalue weighted by atomic mass is 32.1. The van der Waals surface area contributed by atoms with Gasteiger partial charge in [0.2, 0.25) is 5.91 Å². The summed E-state index contributed by atoms with van der Waals surface area (Å²) in [4.78, 5) is 57.1. The molecular formula is C18H31N3O7S. The molecule has 0 rings (SSSR count). The molecule has 0 saturated heterocycles. The maximum absolute atomic E-state index is 12.1. The minimum absolute atomic E-state index is 0.00900. The summed E-state index contributed by atoms with van der Waals surface area (Å²) < 4.78 is 0. The Hall–Kier alpha value is -1.98. The number of carboxylic acid groups (broad SMARTS) is 2. The number of aliphatic carboxylic acids is 2. The molecule has 11 heteroatoms. The van der Waals surface area contributed by atoms with Gasteiger partial charge < -0.3 is 27.0 Å². The number of carbonyl (C=O) groups is 5. The summed E-state index contributed by atoms with van der Waals surface area (Å²) in [6.07, 6.45) is 2.27. The van der Waals surface area contributed by atoms with Crippen LogP contribution < -0.4 is 16.8 Å². The molecule has 3 atom stereocenters. The number of nitrogens with two attached hydrogens (primary N) is 2. The van der Waals surface area contributed by atoms with Crippen LogP contribution in [-0.2, 0) is 24.0 Å². The van der Waals surface area contributed by atoms with Crippen LogP contribution in [0.25, 0.3) is 0 Å². The lowest BCUT2D eigenvalue weighted by atomic mass is 9.99. The second-order valence-corrected chi connectivity index (χ2v) is 7.27. The molecule has 0 aromatic carbocycles. The van der Waals surface area contributed by atoms with Crippen molar-refractivity contribution in [3.63, 3.8) is 0 Å². The number of hydrogen-bond acceptors (Lipinski definition) is 8. The van der Waals surface area contributed by atoms with E-state index in [1.165, 1.54) is 0 Å². The van der Waals surface area contributed by atoms with E-state index >= 15 is 0 Å². The molecule has 0 saturated carbocycles. The van der Waals surface area contributed by atoms with Crippen molar-refractivity contribution in [1.82, 2.24) is 5.32 Å². The van der Waals surface area contributed by atoms with E-state index in [1.54, 1.807) is 0 Å². The molecule has 0 heterocycles. The first-order valence-corrected chi connectivity index (χ1v) is 10.1. The lowest BCUT2D eigenvalue weighted by Crippen LogP contribution is -2.36. The summed E-state index contributed by atoms with van der Waals surface area (Å²) >= 11 is 4.06. The van der Waals surface area contributed by atoms with Crippen LogP contribution >= 0.6 is 12.6 Å². The number of thiol groups is 1. The molecule has 166 valence electrons. The fourth-order valence-corrected chi connectivity index (χ4v) is 2.76. The molecule has 1 amide bonds. The molecule has 0 radical (unpaired) electrons. The number of unbranched alkanes of at least 4 members (excludes halogenated alkanes) is 2. The van der Waals surface area contributed by atoms with Crippen molar-refractivity contribution in [2.75, 3.05) is 12.3 Å². The third-order valence-corrected chi connectivity index (χ3v) is 4.81. The Balaban J connectivity index is 4.09. The number of Topliss-reactive ketones (excluding diaryl/α,β-unsaturated/α-hetero) is 2. The fraction of sp³-hybridized carbons (Fsp3) is 0.722. The largest absolute Gasteiger partial charge is 0.480 e. The molecule has 0 aliphatic rings. The third-order valence-electron chi connectivity index (χ3n) is 4.36. The van der Waals surface area contributed by atoms with Crippen LogP contribution in [0.3, 0.4) is 0 Å². The highest BCUT2D eigenvalue weighted by Gasteiger charge is 2.22. The predicted molar refractivity (Wildman–Crippen MR) is 109 cm³/mol. The standard InChI is InChI=1S/C18H31N3O7S/c19-14(17(25)26)5-3-1-2-4-13(23)9-21-16(24)11(10-29)8-12(22)6-7-15(20)18(27)28/h11,14-15,29H,1-10,19-20H2,(H,21,24)(H,25,26)(H,27,28)/t11-,14-,15-/m0/s1. The fourth-order valence-electron chi connectivity index (χ4n) is 2.46. The molecule has 0 spiro atoms. The minimum Gasteiger partial charge on any atom is -0.480 e. The average molecular weight is 434 g/mol. The van der Waals surface area contributed by atoms with Gasteiger partial charge >= 0.3 is 11.9 Å². The van der Waals surface area contributed by atoms with Gasteiger partial charge in [-0.15, -0.1) is 0 Å². The molecule has 0 fully saturated rings. The topological polar surface area (TPSA) is 190 Å². The van der Waals surface area contributed by atoms with E-state index in [9.17, 15) is 24.0 Å². The second-order valence-electron chi connectivity index (χ2n) is 6.91. The molecule has 0 unspecified atom stereocenters. The Kier molecular flexibility index (Phi) is 13.9. The average Bonchev–Trinajstić information content (AvgIpc) is 2.67. The van der Waals surface area contributed by atoms with E-state index < -0.39 is 35.8 Å². The van der Waals surface area contributed by atoms with Crippen LogP contribution in [-0.4, -0.2) is 64.0 Å². The summed E-state index contributed by atoms with van der Waals surface area (Å²) in [6.45, 7) is -0.157. The van der Waals surface area contributed by atoms with Crippen molar-refractivity contribution in [2.24, 2.45) is 17.4 Å². The van der Waals surface area contributed by atoms with Crippen LogP contribution in [0.2, 0.25) is 0 Å². The Morgan fingerprint density at radius 1 is 0.828 bits per heavy atom. The van der Waals surface area contributed by atoms with Gasteiger partial charge in [-0.2, -0.15) is 12.6 Å². The highest BCUT2D eigenvalue weighted by molar-refractivity contribution is 7.80. The Bertz CT molecular complexity index is 586. The van der Waals surface area contributed by atoms with Gasteiger partial charge in [0.1, 0.15) is 17.9 Å².